The third-order valence-corrected chi connectivity index (χ3v) is 6.37. The van der Waals surface area contributed by atoms with E-state index in [9.17, 15) is 9.59 Å². The van der Waals surface area contributed by atoms with E-state index in [1.807, 2.05) is 47.1 Å². The van der Waals surface area contributed by atoms with Gasteiger partial charge in [-0.25, -0.2) is 4.68 Å². The van der Waals surface area contributed by atoms with E-state index >= 15 is 0 Å². The standard InChI is InChI=1S/C24H25N5O2/c1-16-21-17(2)28(24(31)22(21)29(26-16)19-9-4-3-5-10-19)20-11-7-13-27(15-20)23(30)18-8-6-12-25-14-18/h3-6,8-10,12,14,17,20H,7,11,13,15H2,1-2H3. The van der Waals surface area contributed by atoms with Gasteiger partial charge in [0, 0.05) is 31.0 Å². The lowest BCUT2D eigenvalue weighted by Crippen LogP contribution is -2.50. The summed E-state index contributed by atoms with van der Waals surface area (Å²) < 4.78 is 1.77. The maximum Gasteiger partial charge on any atom is 0.273 e. The van der Waals surface area contributed by atoms with Crippen LogP contribution in [0.2, 0.25) is 0 Å². The molecule has 4 heterocycles. The zero-order valence-corrected chi connectivity index (χ0v) is 17.7. The van der Waals surface area contributed by atoms with Crippen LogP contribution in [-0.4, -0.2) is 55.5 Å². The molecule has 2 aliphatic heterocycles. The highest BCUT2D eigenvalue weighted by atomic mass is 16.2. The molecular formula is C24H25N5O2. The molecule has 0 bridgehead atoms. The Balaban J connectivity index is 1.43. The molecule has 0 radical (unpaired) electrons. The number of piperidine rings is 1. The molecule has 0 spiro atoms. The van der Waals surface area contributed by atoms with Crippen molar-refractivity contribution < 1.29 is 9.59 Å². The maximum atomic E-state index is 13.6. The molecule has 1 saturated heterocycles. The van der Waals surface area contributed by atoms with Crippen LogP contribution in [0.25, 0.3) is 5.69 Å². The van der Waals surface area contributed by atoms with Gasteiger partial charge in [0.2, 0.25) is 0 Å². The molecule has 3 aromatic rings. The fraction of sp³-hybridized carbons (Fsp3) is 0.333. The lowest BCUT2D eigenvalue weighted by atomic mass is 10.0. The first-order chi connectivity index (χ1) is 15.1. The van der Waals surface area contributed by atoms with Gasteiger partial charge in [0.15, 0.2) is 0 Å². The van der Waals surface area contributed by atoms with Crippen molar-refractivity contribution in [1.82, 2.24) is 24.6 Å². The van der Waals surface area contributed by atoms with E-state index in [0.717, 1.165) is 29.8 Å². The van der Waals surface area contributed by atoms with E-state index in [1.54, 1.807) is 29.2 Å². The van der Waals surface area contributed by atoms with E-state index in [1.165, 1.54) is 0 Å². The van der Waals surface area contributed by atoms with Crippen LogP contribution in [-0.2, 0) is 0 Å². The zero-order chi connectivity index (χ0) is 21.5. The van der Waals surface area contributed by atoms with Crippen molar-refractivity contribution in [2.24, 2.45) is 0 Å². The minimum Gasteiger partial charge on any atom is -0.337 e. The minimum absolute atomic E-state index is 0.00682. The number of hydrogen-bond acceptors (Lipinski definition) is 4. The Morgan fingerprint density at radius 1 is 1.13 bits per heavy atom. The number of aromatic nitrogens is 3. The van der Waals surface area contributed by atoms with Gasteiger partial charge in [0.25, 0.3) is 11.8 Å². The number of amides is 2. The van der Waals surface area contributed by atoms with Gasteiger partial charge in [-0.05, 0) is 51.0 Å². The van der Waals surface area contributed by atoms with Crippen molar-refractivity contribution >= 4 is 11.8 Å². The summed E-state index contributed by atoms with van der Waals surface area (Å²) in [6, 6.07) is 13.2. The normalized spacial score (nSPS) is 20.8. The van der Waals surface area contributed by atoms with Gasteiger partial charge in [-0.1, -0.05) is 18.2 Å². The van der Waals surface area contributed by atoms with Crippen LogP contribution in [0.3, 0.4) is 0 Å². The molecule has 1 fully saturated rings. The molecule has 2 aliphatic rings. The molecule has 158 valence electrons. The van der Waals surface area contributed by atoms with Crippen LogP contribution >= 0.6 is 0 Å². The average molecular weight is 415 g/mol. The molecule has 5 rings (SSSR count). The second-order valence-electron chi connectivity index (χ2n) is 8.27. The molecule has 2 aromatic heterocycles. The summed E-state index contributed by atoms with van der Waals surface area (Å²) in [5.74, 6) is -0.0334. The van der Waals surface area contributed by atoms with Crippen molar-refractivity contribution in [1.29, 1.82) is 0 Å². The number of fused-ring (bicyclic) bond motifs is 1. The van der Waals surface area contributed by atoms with Crippen molar-refractivity contribution in [2.75, 3.05) is 13.1 Å². The minimum atomic E-state index is -0.0709. The fourth-order valence-electron chi connectivity index (χ4n) is 4.96. The lowest BCUT2D eigenvalue weighted by molar-refractivity contribution is 0.0418. The van der Waals surface area contributed by atoms with Gasteiger partial charge in [-0.3, -0.25) is 14.6 Å². The molecule has 31 heavy (non-hydrogen) atoms. The summed E-state index contributed by atoms with van der Waals surface area (Å²) in [7, 11) is 0. The second-order valence-corrected chi connectivity index (χ2v) is 8.27. The van der Waals surface area contributed by atoms with Gasteiger partial charge in [0.1, 0.15) is 5.69 Å². The first kappa shape index (κ1) is 19.5. The van der Waals surface area contributed by atoms with Crippen molar-refractivity contribution in [2.45, 2.75) is 38.8 Å². The summed E-state index contributed by atoms with van der Waals surface area (Å²) in [5, 5.41) is 4.66. The number of likely N-dealkylation sites (tertiary alicyclic amines) is 1. The largest absolute Gasteiger partial charge is 0.337 e. The number of carbonyl (C=O) groups excluding carboxylic acids is 2. The fourth-order valence-corrected chi connectivity index (χ4v) is 4.96. The Bertz CT molecular complexity index is 1130. The first-order valence-electron chi connectivity index (χ1n) is 10.7. The number of para-hydroxylation sites is 1. The molecule has 1 aromatic carbocycles. The molecule has 0 saturated carbocycles. The predicted octanol–water partition coefficient (Wildman–Crippen LogP) is 3.40. The van der Waals surface area contributed by atoms with Gasteiger partial charge < -0.3 is 9.80 Å². The number of benzene rings is 1. The Hall–Kier alpha value is -3.48. The van der Waals surface area contributed by atoms with Gasteiger partial charge >= 0.3 is 0 Å². The van der Waals surface area contributed by atoms with E-state index in [0.29, 0.717) is 24.3 Å². The van der Waals surface area contributed by atoms with Crippen LogP contribution in [0.1, 0.15) is 57.9 Å². The van der Waals surface area contributed by atoms with Crippen LogP contribution in [0.15, 0.2) is 54.9 Å². The number of carbonyl (C=O) groups is 2. The molecular weight excluding hydrogens is 390 g/mol. The summed E-state index contributed by atoms with van der Waals surface area (Å²) >= 11 is 0. The highest BCUT2D eigenvalue weighted by Crippen LogP contribution is 2.39. The van der Waals surface area contributed by atoms with Crippen molar-refractivity contribution in [3.8, 4) is 5.69 Å². The number of rotatable bonds is 3. The van der Waals surface area contributed by atoms with Crippen LogP contribution < -0.4 is 0 Å². The average Bonchev–Trinajstić information content (AvgIpc) is 3.29. The third kappa shape index (κ3) is 3.21. The SMILES string of the molecule is Cc1nn(-c2ccccc2)c2c1C(C)N(C1CCCN(C(=O)c3cccnc3)C1)C2=O. The summed E-state index contributed by atoms with van der Waals surface area (Å²) in [6.45, 7) is 5.26. The van der Waals surface area contributed by atoms with E-state index in [2.05, 4.69) is 17.0 Å². The molecule has 0 aliphatic carbocycles. The molecule has 7 heteroatoms. The zero-order valence-electron chi connectivity index (χ0n) is 17.7. The summed E-state index contributed by atoms with van der Waals surface area (Å²) in [5.41, 5.74) is 3.98. The predicted molar refractivity (Wildman–Crippen MR) is 116 cm³/mol. The van der Waals surface area contributed by atoms with Crippen molar-refractivity contribution in [3.63, 3.8) is 0 Å². The van der Waals surface area contributed by atoms with E-state index in [4.69, 9.17) is 0 Å². The topological polar surface area (TPSA) is 71.3 Å². The van der Waals surface area contributed by atoms with E-state index in [-0.39, 0.29) is 23.9 Å². The number of nitrogens with zero attached hydrogens (tertiary/aromatic N) is 5. The van der Waals surface area contributed by atoms with E-state index < -0.39 is 0 Å². The number of hydrogen-bond donors (Lipinski definition) is 0. The van der Waals surface area contributed by atoms with Crippen molar-refractivity contribution in [3.05, 3.63) is 77.4 Å². The third-order valence-electron chi connectivity index (χ3n) is 6.37. The van der Waals surface area contributed by atoms with Crippen LogP contribution in [0.4, 0.5) is 0 Å². The Morgan fingerprint density at radius 3 is 2.68 bits per heavy atom. The lowest BCUT2D eigenvalue weighted by Gasteiger charge is -2.39. The summed E-state index contributed by atoms with van der Waals surface area (Å²) in [6.07, 6.45) is 5.02. The molecule has 2 unspecified atom stereocenters. The summed E-state index contributed by atoms with van der Waals surface area (Å²) in [4.78, 5) is 34.4. The quantitative estimate of drug-likeness (QED) is 0.657. The Morgan fingerprint density at radius 2 is 1.94 bits per heavy atom. The smallest absolute Gasteiger partial charge is 0.273 e. The number of aryl methyl sites for hydroxylation is 1. The van der Waals surface area contributed by atoms with Gasteiger partial charge in [-0.15, -0.1) is 0 Å². The maximum absolute atomic E-state index is 13.6. The highest BCUT2D eigenvalue weighted by Gasteiger charge is 2.44. The van der Waals surface area contributed by atoms with Crippen LogP contribution in [0.5, 0.6) is 0 Å². The molecule has 0 N–H and O–H groups in total. The Kier molecular flexibility index (Phi) is 4.81. The molecule has 2 amide bonds. The Labute approximate surface area is 181 Å². The van der Waals surface area contributed by atoms with Gasteiger partial charge in [0.05, 0.1) is 29.0 Å². The monoisotopic (exact) mass is 415 g/mol. The number of pyridine rings is 1. The van der Waals surface area contributed by atoms with Gasteiger partial charge in [-0.2, -0.15) is 5.10 Å². The first-order valence-corrected chi connectivity index (χ1v) is 10.7. The van der Waals surface area contributed by atoms with Crippen LogP contribution in [0, 0.1) is 6.92 Å². The second kappa shape index (κ2) is 7.65. The molecule has 7 nitrogen and oxygen atoms in total. The molecule has 2 atom stereocenters. The highest BCUT2D eigenvalue weighted by molar-refractivity contribution is 5.99.